The molecule has 0 radical (unpaired) electrons. The fourth-order valence-electron chi connectivity index (χ4n) is 4.04. The Hall–Kier alpha value is -0.120. The van der Waals surface area contributed by atoms with Gasteiger partial charge in [0.1, 0.15) is 0 Å². The van der Waals surface area contributed by atoms with Crippen molar-refractivity contribution in [3.63, 3.8) is 0 Å². The van der Waals surface area contributed by atoms with Gasteiger partial charge in [0.05, 0.1) is 0 Å². The highest BCUT2D eigenvalue weighted by Crippen LogP contribution is 2.30. The molecule has 2 heterocycles. The molecule has 0 amide bonds. The summed E-state index contributed by atoms with van der Waals surface area (Å²) in [6.45, 7) is 6.38. The molecule has 1 unspecified atom stereocenters. The maximum absolute atomic E-state index is 6.48. The van der Waals surface area contributed by atoms with E-state index in [0.717, 1.165) is 12.6 Å². The molecule has 3 aliphatic rings. The van der Waals surface area contributed by atoms with Crippen LogP contribution in [-0.2, 0) is 0 Å². The maximum atomic E-state index is 6.48. The first-order chi connectivity index (χ1) is 8.25. The average Bonchev–Trinajstić information content (AvgIpc) is 2.98. The van der Waals surface area contributed by atoms with Gasteiger partial charge in [-0.1, -0.05) is 12.8 Å². The predicted molar refractivity (Wildman–Crippen MR) is 71.0 cm³/mol. The van der Waals surface area contributed by atoms with Crippen LogP contribution in [0.1, 0.15) is 44.9 Å². The van der Waals surface area contributed by atoms with Crippen molar-refractivity contribution >= 4 is 0 Å². The summed E-state index contributed by atoms with van der Waals surface area (Å²) in [6, 6.07) is 0.836. The maximum Gasteiger partial charge on any atom is 0.0283 e. The Morgan fingerprint density at radius 3 is 2.41 bits per heavy atom. The van der Waals surface area contributed by atoms with Crippen molar-refractivity contribution < 1.29 is 0 Å². The summed E-state index contributed by atoms with van der Waals surface area (Å²) < 4.78 is 0. The second kappa shape index (κ2) is 4.87. The summed E-state index contributed by atoms with van der Waals surface area (Å²) >= 11 is 0. The van der Waals surface area contributed by atoms with Crippen LogP contribution in [0.25, 0.3) is 0 Å². The van der Waals surface area contributed by atoms with E-state index in [1.807, 2.05) is 0 Å². The summed E-state index contributed by atoms with van der Waals surface area (Å²) in [5.41, 5.74) is 6.64. The molecule has 0 aromatic rings. The first-order valence-electron chi connectivity index (χ1n) is 7.51. The quantitative estimate of drug-likeness (QED) is 0.806. The third-order valence-corrected chi connectivity index (χ3v) is 5.04. The third kappa shape index (κ3) is 2.67. The number of hydrogen-bond acceptors (Lipinski definition) is 3. The van der Waals surface area contributed by atoms with Gasteiger partial charge in [0, 0.05) is 24.7 Å². The van der Waals surface area contributed by atoms with Gasteiger partial charge in [-0.15, -0.1) is 0 Å². The number of rotatable bonds is 3. The van der Waals surface area contributed by atoms with Gasteiger partial charge in [0.2, 0.25) is 0 Å². The van der Waals surface area contributed by atoms with E-state index >= 15 is 0 Å². The minimum absolute atomic E-state index is 0.153. The van der Waals surface area contributed by atoms with E-state index in [4.69, 9.17) is 5.73 Å². The predicted octanol–water partition coefficient (Wildman–Crippen LogP) is 1.43. The standard InChI is InChI=1S/C14H27N3/c15-14(6-1-2-7-14)12-16-10-5-13(11-16)17-8-3-4-9-17/h13H,1-12,15H2. The van der Waals surface area contributed by atoms with Crippen molar-refractivity contribution in [3.8, 4) is 0 Å². The molecule has 98 valence electrons. The lowest BCUT2D eigenvalue weighted by Crippen LogP contribution is -2.48. The first kappa shape index (κ1) is 11.9. The molecule has 3 nitrogen and oxygen atoms in total. The normalized spacial score (nSPS) is 34.8. The van der Waals surface area contributed by atoms with Gasteiger partial charge in [-0.25, -0.2) is 0 Å². The lowest BCUT2D eigenvalue weighted by atomic mass is 9.99. The zero-order valence-electron chi connectivity index (χ0n) is 11.0. The Morgan fingerprint density at radius 2 is 1.71 bits per heavy atom. The molecule has 1 atom stereocenters. The molecule has 17 heavy (non-hydrogen) atoms. The Labute approximate surface area is 105 Å². The Morgan fingerprint density at radius 1 is 1.00 bits per heavy atom. The highest BCUT2D eigenvalue weighted by Gasteiger charge is 2.35. The Bertz CT molecular complexity index is 254. The molecule has 2 aliphatic heterocycles. The summed E-state index contributed by atoms with van der Waals surface area (Å²) in [6.07, 6.45) is 9.39. The summed E-state index contributed by atoms with van der Waals surface area (Å²) in [7, 11) is 0. The highest BCUT2D eigenvalue weighted by atomic mass is 15.3. The molecule has 1 saturated carbocycles. The zero-order chi connectivity index (χ0) is 11.7. The minimum Gasteiger partial charge on any atom is -0.324 e. The van der Waals surface area contributed by atoms with E-state index in [2.05, 4.69) is 9.80 Å². The van der Waals surface area contributed by atoms with Crippen molar-refractivity contribution in [2.75, 3.05) is 32.7 Å². The molecular formula is C14H27N3. The molecule has 3 fully saturated rings. The van der Waals surface area contributed by atoms with Gasteiger partial charge >= 0.3 is 0 Å². The lowest BCUT2D eigenvalue weighted by Gasteiger charge is -2.30. The van der Waals surface area contributed by atoms with E-state index < -0.39 is 0 Å². The molecular weight excluding hydrogens is 210 g/mol. The first-order valence-corrected chi connectivity index (χ1v) is 7.51. The monoisotopic (exact) mass is 237 g/mol. The van der Waals surface area contributed by atoms with Crippen molar-refractivity contribution in [2.24, 2.45) is 5.73 Å². The van der Waals surface area contributed by atoms with Gasteiger partial charge in [0.15, 0.2) is 0 Å². The van der Waals surface area contributed by atoms with Crippen molar-refractivity contribution in [2.45, 2.75) is 56.5 Å². The average molecular weight is 237 g/mol. The zero-order valence-corrected chi connectivity index (χ0v) is 11.0. The largest absolute Gasteiger partial charge is 0.324 e. The second-order valence-corrected chi connectivity index (χ2v) is 6.49. The van der Waals surface area contributed by atoms with Gasteiger partial charge in [-0.05, 0) is 51.7 Å². The van der Waals surface area contributed by atoms with E-state index in [1.54, 1.807) is 0 Å². The van der Waals surface area contributed by atoms with E-state index in [9.17, 15) is 0 Å². The molecule has 0 spiro atoms. The van der Waals surface area contributed by atoms with Crippen LogP contribution in [-0.4, -0.2) is 54.1 Å². The lowest BCUT2D eigenvalue weighted by molar-refractivity contribution is 0.207. The van der Waals surface area contributed by atoms with Crippen LogP contribution in [0.5, 0.6) is 0 Å². The minimum atomic E-state index is 0.153. The van der Waals surface area contributed by atoms with Gasteiger partial charge in [-0.2, -0.15) is 0 Å². The fourth-order valence-corrected chi connectivity index (χ4v) is 4.04. The second-order valence-electron chi connectivity index (χ2n) is 6.49. The SMILES string of the molecule is NC1(CN2CCC(N3CCCC3)C2)CCCC1. The summed E-state index contributed by atoms with van der Waals surface area (Å²) in [5, 5.41) is 0. The molecule has 3 heteroatoms. The Balaban J connectivity index is 1.50. The molecule has 0 aromatic carbocycles. The fraction of sp³-hybridized carbons (Fsp3) is 1.00. The van der Waals surface area contributed by atoms with E-state index in [1.165, 1.54) is 71.1 Å². The molecule has 0 bridgehead atoms. The van der Waals surface area contributed by atoms with Gasteiger partial charge < -0.3 is 5.73 Å². The molecule has 2 saturated heterocycles. The van der Waals surface area contributed by atoms with Gasteiger partial charge in [0.25, 0.3) is 0 Å². The summed E-state index contributed by atoms with van der Waals surface area (Å²) in [5.74, 6) is 0. The van der Waals surface area contributed by atoms with Crippen molar-refractivity contribution in [1.82, 2.24) is 9.80 Å². The van der Waals surface area contributed by atoms with Crippen LogP contribution in [0.4, 0.5) is 0 Å². The number of nitrogens with zero attached hydrogens (tertiary/aromatic N) is 2. The molecule has 0 aromatic heterocycles. The van der Waals surface area contributed by atoms with Crippen molar-refractivity contribution in [1.29, 1.82) is 0 Å². The molecule has 1 aliphatic carbocycles. The highest BCUT2D eigenvalue weighted by molar-refractivity contribution is 4.95. The number of hydrogen-bond donors (Lipinski definition) is 1. The van der Waals surface area contributed by atoms with Crippen molar-refractivity contribution in [3.05, 3.63) is 0 Å². The summed E-state index contributed by atoms with van der Waals surface area (Å²) in [4.78, 5) is 5.34. The van der Waals surface area contributed by atoms with Crippen LogP contribution in [0, 0.1) is 0 Å². The van der Waals surface area contributed by atoms with Gasteiger partial charge in [-0.3, -0.25) is 9.80 Å². The van der Waals surface area contributed by atoms with Crippen LogP contribution in [0.3, 0.4) is 0 Å². The van der Waals surface area contributed by atoms with E-state index in [0.29, 0.717) is 0 Å². The smallest absolute Gasteiger partial charge is 0.0283 e. The number of nitrogens with two attached hydrogens (primary N) is 1. The van der Waals surface area contributed by atoms with Crippen LogP contribution in [0.15, 0.2) is 0 Å². The van der Waals surface area contributed by atoms with E-state index in [-0.39, 0.29) is 5.54 Å². The third-order valence-electron chi connectivity index (χ3n) is 5.04. The Kier molecular flexibility index (Phi) is 3.42. The number of likely N-dealkylation sites (tertiary alicyclic amines) is 2. The van der Waals surface area contributed by atoms with Crippen LogP contribution < -0.4 is 5.73 Å². The topological polar surface area (TPSA) is 32.5 Å². The molecule has 2 N–H and O–H groups in total. The van der Waals surface area contributed by atoms with Crippen LogP contribution >= 0.6 is 0 Å². The molecule has 3 rings (SSSR count). The van der Waals surface area contributed by atoms with Crippen LogP contribution in [0.2, 0.25) is 0 Å².